The van der Waals surface area contributed by atoms with Crippen LogP contribution in [0.4, 0.5) is 21.7 Å². The van der Waals surface area contributed by atoms with Crippen molar-refractivity contribution >= 4 is 23.2 Å². The van der Waals surface area contributed by atoms with Gasteiger partial charge in [0.15, 0.2) is 0 Å². The first kappa shape index (κ1) is 20.0. The maximum absolute atomic E-state index is 14.3. The van der Waals surface area contributed by atoms with Crippen molar-refractivity contribution in [1.29, 1.82) is 0 Å². The quantitative estimate of drug-likeness (QED) is 0.549. The summed E-state index contributed by atoms with van der Waals surface area (Å²) in [6.45, 7) is 8.57. The van der Waals surface area contributed by atoms with Crippen LogP contribution < -0.4 is 10.6 Å². The minimum atomic E-state index is -0.383. The number of aromatic nitrogens is 3. The Bertz CT molecular complexity index is 1290. The Labute approximate surface area is 184 Å². The predicted octanol–water partition coefficient (Wildman–Crippen LogP) is 3.68. The minimum absolute atomic E-state index is 0.197. The van der Waals surface area contributed by atoms with Gasteiger partial charge in [-0.15, -0.1) is 5.10 Å². The lowest BCUT2D eigenvalue weighted by Crippen LogP contribution is -2.31. The molecule has 1 aromatic carbocycles. The molecule has 0 radical (unpaired) electrons. The van der Waals surface area contributed by atoms with E-state index in [4.69, 9.17) is 12.3 Å². The fraction of sp³-hybridized carbons (Fsp3) is 0.304. The van der Waals surface area contributed by atoms with E-state index in [1.807, 2.05) is 6.07 Å². The number of anilines is 2. The Morgan fingerprint density at radius 2 is 2.09 bits per heavy atom. The molecule has 1 fully saturated rings. The monoisotopic (exact) mass is 431 g/mol. The summed E-state index contributed by atoms with van der Waals surface area (Å²) in [6, 6.07) is 6.04. The molecule has 0 aliphatic carbocycles. The number of aryl methyl sites for hydroxylation is 1. The van der Waals surface area contributed by atoms with Crippen molar-refractivity contribution in [2.45, 2.75) is 25.4 Å². The molecule has 2 aromatic heterocycles. The molecular weight excluding hydrogens is 409 g/mol. The summed E-state index contributed by atoms with van der Waals surface area (Å²) in [4.78, 5) is 25.2. The molecule has 2 bridgehead atoms. The maximum atomic E-state index is 14.3. The number of carbonyl (C=O) groups excluding carboxylic acids is 1. The van der Waals surface area contributed by atoms with Crippen molar-refractivity contribution in [2.24, 2.45) is 7.05 Å². The van der Waals surface area contributed by atoms with Gasteiger partial charge in [0.05, 0.1) is 25.3 Å². The van der Waals surface area contributed by atoms with E-state index in [0.29, 0.717) is 46.3 Å². The Hall–Kier alpha value is -3.93. The molecule has 9 heteroatoms. The SMILES string of the molecule is [C-]#[N+]c1c2c(nn1C)CN(C)C(=O)c1ccc(F)cc1[C@H]1CCCN1c1cc-2cnc1N. The molecule has 0 unspecified atom stereocenters. The molecule has 4 heterocycles. The number of rotatable bonds is 0. The Morgan fingerprint density at radius 3 is 2.88 bits per heavy atom. The maximum Gasteiger partial charge on any atom is 0.260 e. The summed E-state index contributed by atoms with van der Waals surface area (Å²) in [5.41, 5.74) is 10.1. The first-order valence-corrected chi connectivity index (χ1v) is 10.4. The van der Waals surface area contributed by atoms with Gasteiger partial charge in [0.25, 0.3) is 11.7 Å². The van der Waals surface area contributed by atoms with Crippen LogP contribution in [0.3, 0.4) is 0 Å². The summed E-state index contributed by atoms with van der Waals surface area (Å²) < 4.78 is 15.8. The number of halogens is 1. The van der Waals surface area contributed by atoms with Crippen LogP contribution in [-0.2, 0) is 13.6 Å². The lowest BCUT2D eigenvalue weighted by Gasteiger charge is -2.30. The van der Waals surface area contributed by atoms with Gasteiger partial charge in [-0.2, -0.15) is 0 Å². The number of nitrogen functional groups attached to an aromatic ring is 1. The molecule has 2 aliphatic heterocycles. The number of amides is 1. The normalized spacial score (nSPS) is 17.7. The third-order valence-electron chi connectivity index (χ3n) is 6.28. The topological polar surface area (TPSA) is 84.6 Å². The second-order valence-corrected chi connectivity index (χ2v) is 8.25. The molecule has 0 spiro atoms. The molecule has 1 amide bonds. The molecule has 2 aliphatic rings. The van der Waals surface area contributed by atoms with Gasteiger partial charge in [0.2, 0.25) is 0 Å². The van der Waals surface area contributed by atoms with Crippen molar-refractivity contribution in [3.8, 4) is 11.1 Å². The van der Waals surface area contributed by atoms with Crippen molar-refractivity contribution in [1.82, 2.24) is 19.7 Å². The van der Waals surface area contributed by atoms with Crippen LogP contribution in [0.15, 0.2) is 30.5 Å². The van der Waals surface area contributed by atoms with Gasteiger partial charge in [-0.3, -0.25) is 4.79 Å². The van der Waals surface area contributed by atoms with Gasteiger partial charge in [-0.1, -0.05) is 6.57 Å². The third kappa shape index (κ3) is 2.99. The van der Waals surface area contributed by atoms with E-state index in [0.717, 1.165) is 18.4 Å². The number of nitrogens with two attached hydrogens (primary N) is 1. The van der Waals surface area contributed by atoms with Crippen LogP contribution in [0.25, 0.3) is 16.0 Å². The van der Waals surface area contributed by atoms with Crippen LogP contribution in [0, 0.1) is 12.4 Å². The van der Waals surface area contributed by atoms with E-state index < -0.39 is 0 Å². The summed E-state index contributed by atoms with van der Waals surface area (Å²) in [7, 11) is 3.40. The second-order valence-electron chi connectivity index (χ2n) is 8.25. The van der Waals surface area contributed by atoms with Gasteiger partial charge >= 0.3 is 0 Å². The van der Waals surface area contributed by atoms with Gasteiger partial charge in [0, 0.05) is 30.9 Å². The first-order valence-electron chi connectivity index (χ1n) is 10.4. The standard InChI is InChI=1S/C23H22FN7O/c1-26-22-20-13-9-19(21(25)27-11-13)31-8-4-5-18(31)16-10-14(24)6-7-15(16)23(32)29(2)12-17(20)28-30(22)3/h6-7,9-11,18H,4-5,8,12H2,2-3H3,(H2,25,27)/t18-/m1/s1. The highest BCUT2D eigenvalue weighted by Gasteiger charge is 2.33. The van der Waals surface area contributed by atoms with Gasteiger partial charge < -0.3 is 20.4 Å². The number of hydrogen-bond acceptors (Lipinski definition) is 5. The molecule has 1 atom stereocenters. The van der Waals surface area contributed by atoms with Crippen LogP contribution in [0.5, 0.6) is 0 Å². The first-order chi connectivity index (χ1) is 15.4. The van der Waals surface area contributed by atoms with E-state index in [2.05, 4.69) is 19.8 Å². The Kier molecular flexibility index (Phi) is 4.59. The van der Waals surface area contributed by atoms with E-state index in [1.165, 1.54) is 16.8 Å². The Balaban J connectivity index is 1.81. The van der Waals surface area contributed by atoms with Crippen LogP contribution in [-0.4, -0.2) is 39.2 Å². The lowest BCUT2D eigenvalue weighted by molar-refractivity contribution is 0.0781. The number of benzene rings is 1. The molecule has 8 nitrogen and oxygen atoms in total. The van der Waals surface area contributed by atoms with Crippen molar-refractivity contribution in [3.05, 3.63) is 64.5 Å². The number of fused-ring (bicyclic) bond motifs is 8. The van der Waals surface area contributed by atoms with Crippen LogP contribution >= 0.6 is 0 Å². The van der Waals surface area contributed by atoms with E-state index in [-0.39, 0.29) is 24.3 Å². The van der Waals surface area contributed by atoms with Crippen molar-refractivity contribution < 1.29 is 9.18 Å². The molecule has 3 aromatic rings. The highest BCUT2D eigenvalue weighted by atomic mass is 19.1. The van der Waals surface area contributed by atoms with Crippen molar-refractivity contribution in [3.63, 3.8) is 0 Å². The van der Waals surface area contributed by atoms with Gasteiger partial charge in [0.1, 0.15) is 17.3 Å². The zero-order valence-electron chi connectivity index (χ0n) is 17.8. The summed E-state index contributed by atoms with van der Waals surface area (Å²) in [5.74, 6) is 0.125. The summed E-state index contributed by atoms with van der Waals surface area (Å²) in [5, 5.41) is 4.52. The number of carbonyl (C=O) groups is 1. The summed E-state index contributed by atoms with van der Waals surface area (Å²) >= 11 is 0. The number of pyridine rings is 1. The summed E-state index contributed by atoms with van der Waals surface area (Å²) in [6.07, 6.45) is 3.28. The zero-order chi connectivity index (χ0) is 22.6. The highest BCUT2D eigenvalue weighted by molar-refractivity contribution is 5.96. The van der Waals surface area contributed by atoms with Crippen LogP contribution in [0.2, 0.25) is 0 Å². The lowest BCUT2D eigenvalue weighted by atomic mass is 9.96. The molecule has 5 rings (SSSR count). The fourth-order valence-corrected chi connectivity index (χ4v) is 4.82. The fourth-order valence-electron chi connectivity index (χ4n) is 4.82. The number of hydrogen-bond donors (Lipinski definition) is 1. The Morgan fingerprint density at radius 1 is 1.28 bits per heavy atom. The zero-order valence-corrected chi connectivity index (χ0v) is 17.8. The van der Waals surface area contributed by atoms with E-state index in [9.17, 15) is 9.18 Å². The second kappa shape index (κ2) is 7.34. The molecular formula is C23H22FN7O. The smallest absolute Gasteiger partial charge is 0.260 e. The average Bonchev–Trinajstić information content (AvgIpc) is 3.37. The molecule has 0 saturated carbocycles. The highest BCUT2D eigenvalue weighted by Crippen LogP contribution is 2.43. The van der Waals surface area contributed by atoms with Gasteiger partial charge in [-0.25, -0.2) is 14.1 Å². The van der Waals surface area contributed by atoms with E-state index in [1.54, 1.807) is 31.3 Å². The molecule has 1 saturated heterocycles. The predicted molar refractivity (Wildman–Crippen MR) is 119 cm³/mol. The largest absolute Gasteiger partial charge is 0.382 e. The average molecular weight is 431 g/mol. The van der Waals surface area contributed by atoms with E-state index >= 15 is 0 Å². The van der Waals surface area contributed by atoms with Crippen LogP contribution in [0.1, 0.15) is 40.5 Å². The molecule has 32 heavy (non-hydrogen) atoms. The minimum Gasteiger partial charge on any atom is -0.382 e. The molecule has 162 valence electrons. The van der Waals surface area contributed by atoms with Crippen molar-refractivity contribution in [2.75, 3.05) is 24.2 Å². The third-order valence-corrected chi connectivity index (χ3v) is 6.28. The van der Waals surface area contributed by atoms with Gasteiger partial charge in [-0.05, 0) is 48.2 Å². The number of nitrogens with zero attached hydrogens (tertiary/aromatic N) is 6. The molecule has 2 N–H and O–H groups in total.